The van der Waals surface area contributed by atoms with Crippen molar-refractivity contribution in [2.24, 2.45) is 0 Å². The number of anilines is 1. The van der Waals surface area contributed by atoms with E-state index in [0.717, 1.165) is 0 Å². The van der Waals surface area contributed by atoms with Crippen molar-refractivity contribution < 1.29 is 19.4 Å². The summed E-state index contributed by atoms with van der Waals surface area (Å²) in [5.74, 6) is -0.541. The summed E-state index contributed by atoms with van der Waals surface area (Å²) in [4.78, 5) is 24.4. The molecule has 6 heteroatoms. The number of rotatable bonds is 4. The van der Waals surface area contributed by atoms with Gasteiger partial charge in [0.05, 0.1) is 25.4 Å². The molecule has 1 aliphatic heterocycles. The number of benzene rings is 1. The number of ether oxygens (including phenoxy) is 1. The second-order valence-corrected chi connectivity index (χ2v) is 4.18. The van der Waals surface area contributed by atoms with Crippen LogP contribution in [0.2, 0.25) is 0 Å². The maximum Gasteiger partial charge on any atom is 0.322 e. The number of carboxylic acids is 1. The van der Waals surface area contributed by atoms with E-state index in [1.165, 1.54) is 4.90 Å². The van der Waals surface area contributed by atoms with Crippen molar-refractivity contribution in [3.8, 4) is 5.75 Å². The minimum atomic E-state index is -0.966. The van der Waals surface area contributed by atoms with E-state index < -0.39 is 12.0 Å². The fourth-order valence-electron chi connectivity index (χ4n) is 2.01. The molecule has 1 saturated heterocycles. The average Bonchev–Trinajstić information content (AvgIpc) is 2.40. The van der Waals surface area contributed by atoms with Gasteiger partial charge in [-0.1, -0.05) is 12.1 Å². The Kier molecular flexibility index (Phi) is 4.01. The summed E-state index contributed by atoms with van der Waals surface area (Å²) in [7, 11) is 0. The number of nitrogens with zero attached hydrogens (tertiary/aromatic N) is 1. The number of aliphatic carboxylic acids is 1. The summed E-state index contributed by atoms with van der Waals surface area (Å²) in [6, 6.07) is 6.38. The van der Waals surface area contributed by atoms with Crippen LogP contribution in [0.4, 0.5) is 5.69 Å². The van der Waals surface area contributed by atoms with Crippen molar-refractivity contribution in [2.75, 3.05) is 24.6 Å². The quantitative estimate of drug-likeness (QED) is 0.826. The van der Waals surface area contributed by atoms with Gasteiger partial charge in [0, 0.05) is 0 Å². The zero-order valence-corrected chi connectivity index (χ0v) is 10.6. The molecule has 102 valence electrons. The highest BCUT2D eigenvalue weighted by atomic mass is 16.5. The Balaban J connectivity index is 2.28. The molecule has 0 bridgehead atoms. The third kappa shape index (κ3) is 2.85. The monoisotopic (exact) mass is 264 g/mol. The number of para-hydroxylation sites is 2. The summed E-state index contributed by atoms with van der Waals surface area (Å²) in [6.07, 6.45) is 0. The van der Waals surface area contributed by atoms with Gasteiger partial charge in [-0.05, 0) is 19.1 Å². The Labute approximate surface area is 111 Å². The zero-order valence-electron chi connectivity index (χ0n) is 10.6. The first-order chi connectivity index (χ1) is 9.13. The molecule has 1 atom stereocenters. The van der Waals surface area contributed by atoms with Gasteiger partial charge in [0.2, 0.25) is 5.91 Å². The summed E-state index contributed by atoms with van der Waals surface area (Å²) in [6.45, 7) is 2.45. The van der Waals surface area contributed by atoms with Crippen LogP contribution in [0.15, 0.2) is 24.3 Å². The van der Waals surface area contributed by atoms with E-state index in [0.29, 0.717) is 18.0 Å². The first kappa shape index (κ1) is 13.4. The van der Waals surface area contributed by atoms with Gasteiger partial charge >= 0.3 is 5.97 Å². The molecular formula is C13H16N2O4. The van der Waals surface area contributed by atoms with Gasteiger partial charge in [0.25, 0.3) is 0 Å². The molecule has 1 unspecified atom stereocenters. The maximum atomic E-state index is 11.9. The Morgan fingerprint density at radius 1 is 1.53 bits per heavy atom. The van der Waals surface area contributed by atoms with E-state index in [9.17, 15) is 9.59 Å². The lowest BCUT2D eigenvalue weighted by atomic mass is 10.1. The molecule has 0 aromatic heterocycles. The first-order valence-electron chi connectivity index (χ1n) is 6.12. The zero-order chi connectivity index (χ0) is 13.8. The van der Waals surface area contributed by atoms with Crippen LogP contribution in [-0.4, -0.2) is 42.7 Å². The lowest BCUT2D eigenvalue weighted by Gasteiger charge is -2.32. The minimum Gasteiger partial charge on any atom is -0.492 e. The van der Waals surface area contributed by atoms with Crippen LogP contribution in [0, 0.1) is 0 Å². The van der Waals surface area contributed by atoms with Crippen LogP contribution in [-0.2, 0) is 9.59 Å². The van der Waals surface area contributed by atoms with Crippen molar-refractivity contribution in [1.82, 2.24) is 5.32 Å². The smallest absolute Gasteiger partial charge is 0.322 e. The third-order valence-electron chi connectivity index (χ3n) is 2.92. The van der Waals surface area contributed by atoms with E-state index >= 15 is 0 Å². The molecule has 0 aliphatic carbocycles. The third-order valence-corrected chi connectivity index (χ3v) is 2.92. The molecule has 1 fully saturated rings. The molecular weight excluding hydrogens is 248 g/mol. The Bertz CT molecular complexity index is 489. The van der Waals surface area contributed by atoms with E-state index in [2.05, 4.69) is 5.32 Å². The van der Waals surface area contributed by atoms with Crippen molar-refractivity contribution in [3.63, 3.8) is 0 Å². The number of hydrogen-bond acceptors (Lipinski definition) is 4. The summed E-state index contributed by atoms with van der Waals surface area (Å²) in [5.41, 5.74) is 0.613. The van der Waals surface area contributed by atoms with E-state index in [4.69, 9.17) is 9.84 Å². The molecule has 19 heavy (non-hydrogen) atoms. The second kappa shape index (κ2) is 5.71. The van der Waals surface area contributed by atoms with E-state index in [-0.39, 0.29) is 19.0 Å². The molecule has 0 spiro atoms. The SMILES string of the molecule is CCOc1ccccc1N1CC(C(=O)O)NCC1=O. The molecule has 1 amide bonds. The molecule has 6 nitrogen and oxygen atoms in total. The molecule has 1 aliphatic rings. The minimum absolute atomic E-state index is 0.0113. The average molecular weight is 264 g/mol. The van der Waals surface area contributed by atoms with E-state index in [1.54, 1.807) is 18.2 Å². The molecule has 0 saturated carbocycles. The van der Waals surface area contributed by atoms with Crippen molar-refractivity contribution >= 4 is 17.6 Å². The molecule has 0 radical (unpaired) electrons. The van der Waals surface area contributed by atoms with Gasteiger partial charge < -0.3 is 14.7 Å². The van der Waals surface area contributed by atoms with Crippen LogP contribution in [0.3, 0.4) is 0 Å². The molecule has 1 aromatic carbocycles. The molecule has 2 rings (SSSR count). The maximum absolute atomic E-state index is 11.9. The van der Waals surface area contributed by atoms with Gasteiger partial charge in [-0.2, -0.15) is 0 Å². The molecule has 1 aromatic rings. The predicted octanol–water partition coefficient (Wildman–Crippen LogP) is 0.475. The summed E-state index contributed by atoms with van der Waals surface area (Å²) in [5, 5.41) is 11.7. The van der Waals surface area contributed by atoms with Crippen molar-refractivity contribution in [2.45, 2.75) is 13.0 Å². The van der Waals surface area contributed by atoms with Crippen molar-refractivity contribution in [1.29, 1.82) is 0 Å². The Morgan fingerprint density at radius 3 is 2.95 bits per heavy atom. The molecule has 2 N–H and O–H groups in total. The number of nitrogens with one attached hydrogen (secondary N) is 1. The van der Waals surface area contributed by atoms with Crippen LogP contribution in [0.1, 0.15) is 6.92 Å². The topological polar surface area (TPSA) is 78.9 Å². The fourth-order valence-corrected chi connectivity index (χ4v) is 2.01. The van der Waals surface area contributed by atoms with Gasteiger partial charge in [0.1, 0.15) is 11.8 Å². The highest BCUT2D eigenvalue weighted by molar-refractivity contribution is 5.98. The molecule has 1 heterocycles. The predicted molar refractivity (Wildman–Crippen MR) is 69.4 cm³/mol. The second-order valence-electron chi connectivity index (χ2n) is 4.18. The number of piperazine rings is 1. The van der Waals surface area contributed by atoms with Gasteiger partial charge in [0.15, 0.2) is 0 Å². The van der Waals surface area contributed by atoms with Gasteiger partial charge in [-0.25, -0.2) is 0 Å². The lowest BCUT2D eigenvalue weighted by molar-refractivity contribution is -0.139. The van der Waals surface area contributed by atoms with Crippen LogP contribution in [0.25, 0.3) is 0 Å². The largest absolute Gasteiger partial charge is 0.492 e. The number of amides is 1. The number of carbonyl (C=O) groups is 2. The normalized spacial score (nSPS) is 19.3. The van der Waals surface area contributed by atoms with Crippen LogP contribution >= 0.6 is 0 Å². The summed E-state index contributed by atoms with van der Waals surface area (Å²) >= 11 is 0. The van der Waals surface area contributed by atoms with Crippen LogP contribution in [0.5, 0.6) is 5.75 Å². The number of carboxylic acid groups (broad SMARTS) is 1. The number of hydrogen-bond donors (Lipinski definition) is 2. The van der Waals surface area contributed by atoms with Crippen molar-refractivity contribution in [3.05, 3.63) is 24.3 Å². The Morgan fingerprint density at radius 2 is 2.26 bits per heavy atom. The van der Waals surface area contributed by atoms with Gasteiger partial charge in [-0.15, -0.1) is 0 Å². The first-order valence-corrected chi connectivity index (χ1v) is 6.12. The van der Waals surface area contributed by atoms with E-state index in [1.807, 2.05) is 13.0 Å². The van der Waals surface area contributed by atoms with Crippen LogP contribution < -0.4 is 15.0 Å². The standard InChI is InChI=1S/C13H16N2O4/c1-2-19-11-6-4-3-5-10(11)15-8-9(13(17)18)14-7-12(15)16/h3-6,9,14H,2,7-8H2,1H3,(H,17,18). The lowest BCUT2D eigenvalue weighted by Crippen LogP contribution is -2.57. The Hall–Kier alpha value is -2.08. The van der Waals surface area contributed by atoms with Gasteiger partial charge in [-0.3, -0.25) is 14.9 Å². The number of carbonyl (C=O) groups excluding carboxylic acids is 1. The summed E-state index contributed by atoms with van der Waals surface area (Å²) < 4.78 is 5.47. The highest BCUT2D eigenvalue weighted by Crippen LogP contribution is 2.29. The highest BCUT2D eigenvalue weighted by Gasteiger charge is 2.31. The fraction of sp³-hybridized carbons (Fsp3) is 0.385.